The number of carbonyl (C=O) groups excluding carboxylic acids is 4. The molecule has 0 spiro atoms. The lowest BCUT2D eigenvalue weighted by molar-refractivity contribution is -0.163. The molecule has 0 aromatic rings. The molecule has 0 heterocycles. The lowest BCUT2D eigenvalue weighted by Gasteiger charge is -2.24. The first-order valence-corrected chi connectivity index (χ1v) is 15.4. The van der Waals surface area contributed by atoms with Crippen LogP contribution in [0.4, 0.5) is 0 Å². The molecule has 0 rings (SSSR count). The Bertz CT molecular complexity index is 752. The zero-order chi connectivity index (χ0) is 31.6. The average molecular weight is 601 g/mol. The van der Waals surface area contributed by atoms with Gasteiger partial charge < -0.3 is 19.7 Å². The number of rotatable bonds is 27. The van der Waals surface area contributed by atoms with Crippen molar-refractivity contribution in [3.05, 3.63) is 0 Å². The van der Waals surface area contributed by atoms with Crippen molar-refractivity contribution in [3.63, 3.8) is 0 Å². The molecule has 0 aromatic heterocycles. The number of carboxylic acid groups (broad SMARTS) is 2. The SMILES string of the molecule is CCCCCCCCCC(=O)OC(=O)CN(CCN(CC(=O)O)CC(=O)OC(=O)CCCCCCCCC)CC(=O)O. The van der Waals surface area contributed by atoms with E-state index in [9.17, 15) is 39.0 Å². The second kappa shape index (κ2) is 25.8. The third kappa shape index (κ3) is 24.9. The number of carboxylic acids is 2. The lowest BCUT2D eigenvalue weighted by Crippen LogP contribution is -2.44. The van der Waals surface area contributed by atoms with Crippen LogP contribution in [0.1, 0.15) is 117 Å². The van der Waals surface area contributed by atoms with E-state index in [4.69, 9.17) is 9.47 Å². The minimum Gasteiger partial charge on any atom is -0.480 e. The van der Waals surface area contributed by atoms with E-state index in [1.807, 2.05) is 0 Å². The minimum atomic E-state index is -1.24. The number of ether oxygens (including phenoxy) is 2. The van der Waals surface area contributed by atoms with Gasteiger partial charge in [0.2, 0.25) is 0 Å². The van der Waals surface area contributed by atoms with Crippen molar-refractivity contribution in [1.29, 1.82) is 0 Å². The van der Waals surface area contributed by atoms with Crippen molar-refractivity contribution in [2.75, 3.05) is 39.3 Å². The molecule has 0 aliphatic heterocycles. The van der Waals surface area contributed by atoms with E-state index < -0.39 is 62.0 Å². The van der Waals surface area contributed by atoms with Gasteiger partial charge in [-0.05, 0) is 12.8 Å². The quantitative estimate of drug-likeness (QED) is 0.0785. The van der Waals surface area contributed by atoms with E-state index in [0.29, 0.717) is 12.8 Å². The highest BCUT2D eigenvalue weighted by Gasteiger charge is 2.22. The number of carbonyl (C=O) groups is 6. The van der Waals surface area contributed by atoms with E-state index in [-0.39, 0.29) is 25.9 Å². The highest BCUT2D eigenvalue weighted by molar-refractivity contribution is 5.87. The van der Waals surface area contributed by atoms with E-state index in [1.165, 1.54) is 22.6 Å². The predicted molar refractivity (Wildman–Crippen MR) is 156 cm³/mol. The van der Waals surface area contributed by atoms with Crippen LogP contribution >= 0.6 is 0 Å². The molecule has 2 N–H and O–H groups in total. The summed E-state index contributed by atoms with van der Waals surface area (Å²) in [5, 5.41) is 18.4. The summed E-state index contributed by atoms with van der Waals surface area (Å²) in [7, 11) is 0. The first-order chi connectivity index (χ1) is 20.1. The summed E-state index contributed by atoms with van der Waals surface area (Å²) < 4.78 is 9.64. The van der Waals surface area contributed by atoms with E-state index in [2.05, 4.69) is 13.8 Å². The molecule has 0 amide bonds. The number of hydrogen-bond acceptors (Lipinski definition) is 10. The maximum Gasteiger partial charge on any atom is 0.327 e. The fourth-order valence-electron chi connectivity index (χ4n) is 4.33. The Labute approximate surface area is 250 Å². The van der Waals surface area contributed by atoms with Crippen LogP contribution in [-0.4, -0.2) is 95.1 Å². The van der Waals surface area contributed by atoms with E-state index in [1.54, 1.807) is 0 Å². The maximum atomic E-state index is 12.3. The molecule has 42 heavy (non-hydrogen) atoms. The van der Waals surface area contributed by atoms with Crippen molar-refractivity contribution in [3.8, 4) is 0 Å². The fraction of sp³-hybridized carbons (Fsp3) is 0.800. The van der Waals surface area contributed by atoms with Crippen molar-refractivity contribution in [2.45, 2.75) is 117 Å². The van der Waals surface area contributed by atoms with Gasteiger partial charge in [-0.3, -0.25) is 38.6 Å². The molecule has 0 bridgehead atoms. The van der Waals surface area contributed by atoms with Crippen molar-refractivity contribution in [1.82, 2.24) is 9.80 Å². The standard InChI is InChI=1S/C30H52N2O10/c1-3-5-7-9-11-13-15-17-27(37)41-29(39)23-31(21-25(33)34)19-20-32(22-26(35)36)24-30(40)42-28(38)18-16-14-12-10-8-6-4-2/h3-24H2,1-2H3,(H,33,34)(H,35,36). The molecular formula is C30H52N2O10. The highest BCUT2D eigenvalue weighted by atomic mass is 16.6. The van der Waals surface area contributed by atoms with Crippen LogP contribution in [0.5, 0.6) is 0 Å². The first-order valence-electron chi connectivity index (χ1n) is 15.4. The Morgan fingerprint density at radius 2 is 0.762 bits per heavy atom. The average Bonchev–Trinajstić information content (AvgIpc) is 2.89. The maximum absolute atomic E-state index is 12.3. The largest absolute Gasteiger partial charge is 0.480 e. The van der Waals surface area contributed by atoms with Crippen LogP contribution in [-0.2, 0) is 38.2 Å². The predicted octanol–water partition coefficient (Wildman–Crippen LogP) is 4.18. The zero-order valence-corrected chi connectivity index (χ0v) is 25.6. The summed E-state index contributed by atoms with van der Waals surface area (Å²) in [5.41, 5.74) is 0. The summed E-state index contributed by atoms with van der Waals surface area (Å²) in [6.07, 6.45) is 14.2. The van der Waals surface area contributed by atoms with Crippen LogP contribution in [0.15, 0.2) is 0 Å². The molecule has 0 aromatic carbocycles. The van der Waals surface area contributed by atoms with E-state index in [0.717, 1.165) is 64.2 Å². The molecule has 0 fully saturated rings. The third-order valence-electron chi connectivity index (χ3n) is 6.58. The van der Waals surface area contributed by atoms with Crippen LogP contribution in [0.3, 0.4) is 0 Å². The summed E-state index contributed by atoms with van der Waals surface area (Å²) >= 11 is 0. The second-order valence-electron chi connectivity index (χ2n) is 10.6. The van der Waals surface area contributed by atoms with Gasteiger partial charge in [-0.15, -0.1) is 0 Å². The fourth-order valence-corrected chi connectivity index (χ4v) is 4.33. The highest BCUT2D eigenvalue weighted by Crippen LogP contribution is 2.10. The van der Waals surface area contributed by atoms with Gasteiger partial charge in [0.05, 0.1) is 26.2 Å². The molecule has 0 saturated heterocycles. The van der Waals surface area contributed by atoms with Gasteiger partial charge >= 0.3 is 35.8 Å². The number of nitrogens with zero attached hydrogens (tertiary/aromatic N) is 2. The summed E-state index contributed by atoms with van der Waals surface area (Å²) in [5.74, 6) is -5.66. The zero-order valence-electron chi connectivity index (χ0n) is 25.6. The molecule has 0 radical (unpaired) electrons. The molecule has 0 unspecified atom stereocenters. The Kier molecular flexibility index (Phi) is 24.1. The van der Waals surface area contributed by atoms with Gasteiger partial charge in [-0.25, -0.2) is 0 Å². The Morgan fingerprint density at radius 3 is 1.07 bits per heavy atom. The Hall–Kier alpha value is -2.86. The first kappa shape index (κ1) is 39.1. The number of hydrogen-bond donors (Lipinski definition) is 2. The van der Waals surface area contributed by atoms with Gasteiger partial charge in [0.1, 0.15) is 0 Å². The Balaban J connectivity index is 4.63. The van der Waals surface area contributed by atoms with Crippen LogP contribution in [0.2, 0.25) is 0 Å². The molecule has 0 atom stereocenters. The molecule has 0 saturated carbocycles. The lowest BCUT2D eigenvalue weighted by atomic mass is 10.1. The van der Waals surface area contributed by atoms with Crippen molar-refractivity contribution >= 4 is 35.8 Å². The normalized spacial score (nSPS) is 11.0. The van der Waals surface area contributed by atoms with Crippen LogP contribution in [0, 0.1) is 0 Å². The Morgan fingerprint density at radius 1 is 0.452 bits per heavy atom. The molecule has 0 aliphatic carbocycles. The second-order valence-corrected chi connectivity index (χ2v) is 10.6. The summed E-state index contributed by atoms with van der Waals surface area (Å²) in [6.45, 7) is 1.91. The van der Waals surface area contributed by atoms with Gasteiger partial charge in [0.25, 0.3) is 0 Å². The van der Waals surface area contributed by atoms with Crippen LogP contribution in [0.25, 0.3) is 0 Å². The van der Waals surface area contributed by atoms with Gasteiger partial charge in [0.15, 0.2) is 0 Å². The number of aliphatic carboxylic acids is 2. The van der Waals surface area contributed by atoms with Crippen LogP contribution < -0.4 is 0 Å². The smallest absolute Gasteiger partial charge is 0.327 e. The third-order valence-corrected chi connectivity index (χ3v) is 6.58. The molecule has 0 aliphatic rings. The summed E-state index contributed by atoms with van der Waals surface area (Å²) in [4.78, 5) is 73.4. The van der Waals surface area contributed by atoms with Crippen molar-refractivity contribution < 1.29 is 48.5 Å². The molecule has 242 valence electrons. The van der Waals surface area contributed by atoms with Gasteiger partial charge in [-0.2, -0.15) is 0 Å². The number of unbranched alkanes of at least 4 members (excludes halogenated alkanes) is 12. The number of esters is 4. The van der Waals surface area contributed by atoms with Gasteiger partial charge in [-0.1, -0.05) is 90.9 Å². The van der Waals surface area contributed by atoms with E-state index >= 15 is 0 Å². The van der Waals surface area contributed by atoms with Gasteiger partial charge in [0, 0.05) is 25.9 Å². The molecule has 12 heteroatoms. The molecular weight excluding hydrogens is 548 g/mol. The topological polar surface area (TPSA) is 168 Å². The minimum absolute atomic E-state index is 0.0879. The molecule has 12 nitrogen and oxygen atoms in total. The monoisotopic (exact) mass is 600 g/mol. The summed E-state index contributed by atoms with van der Waals surface area (Å²) in [6, 6.07) is 0. The van der Waals surface area contributed by atoms with Crippen molar-refractivity contribution in [2.24, 2.45) is 0 Å².